The second-order valence-corrected chi connectivity index (χ2v) is 13.8. The molecule has 0 fully saturated rings. The first-order valence-electron chi connectivity index (χ1n) is 15.5. The standard InChI is InChI=1S/C36H46N6O/c1-21(2)18-42(19-22(3)4)35(43)36(8,9)28-15-29-31(25(7)13-26-14-30-34(37-16-26)40-20-39-30)32(41-33(29)38-17-28)27-11-23(5)10-24(6)12-27/h10-12,14-17,20-22,25H,13,18-19H2,1-9H3,(H,38,41)(H,37,39,40). The molecule has 4 aromatic heterocycles. The fraction of sp³-hybridized carbons (Fsp3) is 0.444. The van der Waals surface area contributed by atoms with Crippen molar-refractivity contribution in [1.29, 1.82) is 0 Å². The Morgan fingerprint density at radius 2 is 1.56 bits per heavy atom. The number of carbonyl (C=O) groups excluding carboxylic acids is 1. The van der Waals surface area contributed by atoms with Crippen molar-refractivity contribution in [3.63, 3.8) is 0 Å². The molecule has 0 aliphatic rings. The van der Waals surface area contributed by atoms with Crippen molar-refractivity contribution in [3.8, 4) is 11.3 Å². The van der Waals surface area contributed by atoms with Crippen molar-refractivity contribution in [1.82, 2.24) is 29.8 Å². The summed E-state index contributed by atoms with van der Waals surface area (Å²) in [6.07, 6.45) is 6.29. The number of H-pyrrole nitrogens is 2. The quantitative estimate of drug-likeness (QED) is 0.176. The molecular formula is C36H46N6O. The number of amides is 1. The normalized spacial score (nSPS) is 13.0. The van der Waals surface area contributed by atoms with Crippen LogP contribution in [0.25, 0.3) is 33.5 Å². The number of hydrogen-bond acceptors (Lipinski definition) is 4. The predicted molar refractivity (Wildman–Crippen MR) is 176 cm³/mol. The zero-order chi connectivity index (χ0) is 31.1. The van der Waals surface area contributed by atoms with Crippen LogP contribution in [0.4, 0.5) is 0 Å². The Bertz CT molecular complexity index is 1730. The summed E-state index contributed by atoms with van der Waals surface area (Å²) in [5.74, 6) is 1.09. The first-order chi connectivity index (χ1) is 20.3. The molecule has 43 heavy (non-hydrogen) atoms. The number of imidazole rings is 1. The minimum absolute atomic E-state index is 0.148. The van der Waals surface area contributed by atoms with E-state index in [0.29, 0.717) is 11.8 Å². The topological polar surface area (TPSA) is 90.6 Å². The van der Waals surface area contributed by atoms with Gasteiger partial charge in [-0.3, -0.25) is 4.79 Å². The Kier molecular flexibility index (Phi) is 8.46. The van der Waals surface area contributed by atoms with Crippen LogP contribution in [0.2, 0.25) is 0 Å². The number of pyridine rings is 2. The summed E-state index contributed by atoms with van der Waals surface area (Å²) in [7, 11) is 0. The molecule has 1 amide bonds. The molecule has 4 heterocycles. The van der Waals surface area contributed by atoms with E-state index in [9.17, 15) is 4.79 Å². The number of aryl methyl sites for hydroxylation is 2. The Hall–Kier alpha value is -4.00. The molecule has 0 aliphatic heterocycles. The highest BCUT2D eigenvalue weighted by Gasteiger charge is 2.35. The van der Waals surface area contributed by atoms with Crippen LogP contribution in [0.15, 0.2) is 49.1 Å². The number of nitrogens with zero attached hydrogens (tertiary/aromatic N) is 4. The molecule has 1 unspecified atom stereocenters. The molecule has 2 N–H and O–H groups in total. The van der Waals surface area contributed by atoms with Gasteiger partial charge < -0.3 is 14.9 Å². The van der Waals surface area contributed by atoms with Crippen LogP contribution in [0.1, 0.15) is 82.2 Å². The minimum Gasteiger partial charge on any atom is -0.343 e. The fourth-order valence-corrected chi connectivity index (χ4v) is 6.37. The maximum absolute atomic E-state index is 14.1. The average Bonchev–Trinajstić information content (AvgIpc) is 3.55. The van der Waals surface area contributed by atoms with Gasteiger partial charge in [0.1, 0.15) is 5.65 Å². The fourth-order valence-electron chi connectivity index (χ4n) is 6.37. The molecule has 0 radical (unpaired) electrons. The molecule has 7 nitrogen and oxygen atoms in total. The number of carbonyl (C=O) groups is 1. The SMILES string of the molecule is Cc1cc(C)cc(-c2[nH]c3ncc(C(C)(C)C(=O)N(CC(C)C)CC(C)C)cc3c2C(C)Cc2cnc3nc[nH]c3c2)c1. The van der Waals surface area contributed by atoms with E-state index >= 15 is 0 Å². The maximum atomic E-state index is 14.1. The lowest BCUT2D eigenvalue weighted by Gasteiger charge is -2.34. The van der Waals surface area contributed by atoms with E-state index in [1.165, 1.54) is 16.7 Å². The zero-order valence-corrected chi connectivity index (χ0v) is 27.2. The van der Waals surface area contributed by atoms with E-state index in [1.807, 2.05) is 31.1 Å². The van der Waals surface area contributed by atoms with E-state index < -0.39 is 5.41 Å². The summed E-state index contributed by atoms with van der Waals surface area (Å²) in [6.45, 7) is 20.8. The van der Waals surface area contributed by atoms with Gasteiger partial charge in [0.05, 0.1) is 23.0 Å². The maximum Gasteiger partial charge on any atom is 0.232 e. The molecule has 0 bridgehead atoms. The highest BCUT2D eigenvalue weighted by molar-refractivity contribution is 5.92. The van der Waals surface area contributed by atoms with Gasteiger partial charge >= 0.3 is 0 Å². The van der Waals surface area contributed by atoms with Crippen LogP contribution < -0.4 is 0 Å². The van der Waals surface area contributed by atoms with Crippen molar-refractivity contribution >= 4 is 28.1 Å². The van der Waals surface area contributed by atoms with Gasteiger partial charge in [-0.25, -0.2) is 15.0 Å². The average molecular weight is 579 g/mol. The van der Waals surface area contributed by atoms with E-state index in [0.717, 1.165) is 64.1 Å². The highest BCUT2D eigenvalue weighted by Crippen LogP contribution is 2.39. The van der Waals surface area contributed by atoms with Gasteiger partial charge in [0.25, 0.3) is 0 Å². The molecular weight excluding hydrogens is 532 g/mol. The number of aromatic amines is 2. The van der Waals surface area contributed by atoms with E-state index in [1.54, 1.807) is 6.33 Å². The van der Waals surface area contributed by atoms with Crippen molar-refractivity contribution in [2.45, 2.75) is 80.1 Å². The first kappa shape index (κ1) is 30.5. The van der Waals surface area contributed by atoms with Crippen LogP contribution >= 0.6 is 0 Å². The Morgan fingerprint density at radius 1 is 0.884 bits per heavy atom. The Labute approximate surface area is 255 Å². The van der Waals surface area contributed by atoms with Gasteiger partial charge in [-0.1, -0.05) is 51.8 Å². The summed E-state index contributed by atoms with van der Waals surface area (Å²) in [4.78, 5) is 36.8. The molecule has 7 heteroatoms. The van der Waals surface area contributed by atoms with Crippen LogP contribution in [-0.2, 0) is 16.6 Å². The number of benzene rings is 1. The smallest absolute Gasteiger partial charge is 0.232 e. The van der Waals surface area contributed by atoms with Crippen molar-refractivity contribution < 1.29 is 4.79 Å². The van der Waals surface area contributed by atoms with Gasteiger partial charge in [-0.05, 0) is 98.4 Å². The lowest BCUT2D eigenvalue weighted by atomic mass is 9.82. The van der Waals surface area contributed by atoms with Gasteiger partial charge in [-0.2, -0.15) is 0 Å². The number of rotatable bonds is 10. The summed E-state index contributed by atoms with van der Waals surface area (Å²) < 4.78 is 0. The van der Waals surface area contributed by atoms with Crippen LogP contribution in [-0.4, -0.2) is 48.8 Å². The second-order valence-electron chi connectivity index (χ2n) is 13.8. The van der Waals surface area contributed by atoms with Gasteiger partial charge in [0.15, 0.2) is 5.65 Å². The molecule has 5 aromatic rings. The van der Waals surface area contributed by atoms with Gasteiger partial charge in [0.2, 0.25) is 5.91 Å². The zero-order valence-electron chi connectivity index (χ0n) is 27.2. The monoisotopic (exact) mass is 578 g/mol. The summed E-state index contributed by atoms with van der Waals surface area (Å²) in [6, 6.07) is 11.0. The molecule has 0 aliphatic carbocycles. The second kappa shape index (κ2) is 11.9. The third kappa shape index (κ3) is 6.36. The highest BCUT2D eigenvalue weighted by atomic mass is 16.2. The lowest BCUT2D eigenvalue weighted by molar-refractivity contribution is -0.137. The van der Waals surface area contributed by atoms with Crippen molar-refractivity contribution in [2.24, 2.45) is 11.8 Å². The Balaban J connectivity index is 1.62. The lowest BCUT2D eigenvalue weighted by Crippen LogP contribution is -2.46. The van der Waals surface area contributed by atoms with Crippen LogP contribution in [0.3, 0.4) is 0 Å². The molecule has 1 aromatic carbocycles. The summed E-state index contributed by atoms with van der Waals surface area (Å²) >= 11 is 0. The third-order valence-corrected chi connectivity index (χ3v) is 8.28. The van der Waals surface area contributed by atoms with E-state index in [2.05, 4.69) is 98.7 Å². The van der Waals surface area contributed by atoms with E-state index in [4.69, 9.17) is 4.98 Å². The van der Waals surface area contributed by atoms with Gasteiger partial charge in [0, 0.05) is 30.9 Å². The Morgan fingerprint density at radius 3 is 2.21 bits per heavy atom. The van der Waals surface area contributed by atoms with Gasteiger partial charge in [-0.15, -0.1) is 0 Å². The third-order valence-electron chi connectivity index (χ3n) is 8.28. The number of nitrogens with one attached hydrogen (secondary N) is 2. The molecule has 1 atom stereocenters. The number of hydrogen-bond donors (Lipinski definition) is 2. The molecule has 0 saturated heterocycles. The summed E-state index contributed by atoms with van der Waals surface area (Å²) in [5, 5.41) is 1.06. The van der Waals surface area contributed by atoms with E-state index in [-0.39, 0.29) is 11.8 Å². The van der Waals surface area contributed by atoms with Crippen molar-refractivity contribution in [3.05, 3.63) is 76.9 Å². The molecule has 226 valence electrons. The predicted octanol–water partition coefficient (Wildman–Crippen LogP) is 7.88. The van der Waals surface area contributed by atoms with Crippen LogP contribution in [0.5, 0.6) is 0 Å². The van der Waals surface area contributed by atoms with Crippen LogP contribution in [0, 0.1) is 25.7 Å². The summed E-state index contributed by atoms with van der Waals surface area (Å²) in [5.41, 5.74) is 9.74. The largest absolute Gasteiger partial charge is 0.343 e. The molecule has 0 saturated carbocycles. The first-order valence-corrected chi connectivity index (χ1v) is 15.5. The number of aromatic nitrogens is 5. The molecule has 0 spiro atoms. The number of fused-ring (bicyclic) bond motifs is 2. The molecule has 5 rings (SSSR count). The van der Waals surface area contributed by atoms with Crippen molar-refractivity contribution in [2.75, 3.05) is 13.1 Å². The minimum atomic E-state index is -0.724.